The highest BCUT2D eigenvalue weighted by atomic mass is 19.4. The molecule has 0 saturated carbocycles. The lowest BCUT2D eigenvalue weighted by Gasteiger charge is -2.36. The van der Waals surface area contributed by atoms with Crippen LogP contribution in [0.1, 0.15) is 18.1 Å². The highest BCUT2D eigenvalue weighted by Crippen LogP contribution is 2.29. The molecular formula is C22H23F3N4O2. The number of pyridine rings is 1. The second-order valence-corrected chi connectivity index (χ2v) is 7.19. The van der Waals surface area contributed by atoms with Crippen LogP contribution >= 0.6 is 0 Å². The van der Waals surface area contributed by atoms with Crippen LogP contribution in [0.5, 0.6) is 0 Å². The van der Waals surface area contributed by atoms with Crippen molar-refractivity contribution in [3.8, 4) is 0 Å². The summed E-state index contributed by atoms with van der Waals surface area (Å²) >= 11 is 0. The first-order valence-electron chi connectivity index (χ1n) is 9.84. The average molecular weight is 432 g/mol. The molecule has 0 bridgehead atoms. The van der Waals surface area contributed by atoms with Crippen LogP contribution < -0.4 is 10.2 Å². The number of piperazine rings is 1. The predicted octanol–water partition coefficient (Wildman–Crippen LogP) is 2.97. The minimum absolute atomic E-state index is 0.207. The molecule has 3 rings (SSSR count). The summed E-state index contributed by atoms with van der Waals surface area (Å²) in [5, 5.41) is 2.66. The van der Waals surface area contributed by atoms with Gasteiger partial charge >= 0.3 is 6.18 Å². The average Bonchev–Trinajstić information content (AvgIpc) is 2.77. The number of hydrogen-bond acceptors (Lipinski definition) is 4. The third-order valence-electron chi connectivity index (χ3n) is 4.95. The van der Waals surface area contributed by atoms with E-state index in [9.17, 15) is 22.8 Å². The number of hydrogen-bond donors (Lipinski definition) is 1. The van der Waals surface area contributed by atoms with Gasteiger partial charge in [-0.15, -0.1) is 0 Å². The van der Waals surface area contributed by atoms with Crippen LogP contribution in [0.25, 0.3) is 6.08 Å². The number of halogens is 3. The van der Waals surface area contributed by atoms with Crippen molar-refractivity contribution in [2.24, 2.45) is 0 Å². The minimum Gasteiger partial charge on any atom is -0.353 e. The lowest BCUT2D eigenvalue weighted by Crippen LogP contribution is -2.54. The maximum atomic E-state index is 12.7. The van der Waals surface area contributed by atoms with Crippen LogP contribution in [0.4, 0.5) is 19.0 Å². The molecule has 1 unspecified atom stereocenters. The van der Waals surface area contributed by atoms with Crippen molar-refractivity contribution in [3.05, 3.63) is 65.9 Å². The normalized spacial score (nSPS) is 15.7. The molecule has 1 atom stereocenters. The summed E-state index contributed by atoms with van der Waals surface area (Å²) in [6.07, 6.45) is -0.559. The second-order valence-electron chi connectivity index (χ2n) is 7.19. The molecule has 2 heterocycles. The van der Waals surface area contributed by atoms with Crippen LogP contribution in [-0.4, -0.2) is 53.9 Å². The van der Waals surface area contributed by atoms with Gasteiger partial charge in [-0.25, -0.2) is 4.98 Å². The Morgan fingerprint density at radius 1 is 1.06 bits per heavy atom. The molecule has 31 heavy (non-hydrogen) atoms. The molecule has 1 aliphatic rings. The first-order chi connectivity index (χ1) is 14.7. The summed E-state index contributed by atoms with van der Waals surface area (Å²) in [6, 6.07) is 11.0. The summed E-state index contributed by atoms with van der Waals surface area (Å²) in [5.74, 6) is -0.133. The van der Waals surface area contributed by atoms with Crippen LogP contribution in [0, 0.1) is 0 Å². The zero-order valence-corrected chi connectivity index (χ0v) is 17.0. The number of carbonyl (C=O) groups is 2. The van der Waals surface area contributed by atoms with E-state index in [1.807, 2.05) is 35.2 Å². The van der Waals surface area contributed by atoms with Crippen LogP contribution in [0.15, 0.2) is 54.7 Å². The number of benzene rings is 1. The maximum Gasteiger partial charge on any atom is 0.417 e. The van der Waals surface area contributed by atoms with Gasteiger partial charge in [0.25, 0.3) is 0 Å². The minimum atomic E-state index is -4.42. The van der Waals surface area contributed by atoms with Crippen LogP contribution in [0.2, 0.25) is 0 Å². The Bertz CT molecular complexity index is 922. The third kappa shape index (κ3) is 6.07. The van der Waals surface area contributed by atoms with Crippen molar-refractivity contribution in [2.45, 2.75) is 19.1 Å². The topological polar surface area (TPSA) is 65.5 Å². The third-order valence-corrected chi connectivity index (χ3v) is 4.95. The van der Waals surface area contributed by atoms with Crippen molar-refractivity contribution in [1.82, 2.24) is 15.2 Å². The zero-order valence-electron chi connectivity index (χ0n) is 17.0. The van der Waals surface area contributed by atoms with Gasteiger partial charge in [-0.1, -0.05) is 30.3 Å². The van der Waals surface area contributed by atoms with Gasteiger partial charge in [-0.05, 0) is 30.7 Å². The molecule has 0 aliphatic carbocycles. The molecule has 6 nitrogen and oxygen atoms in total. The van der Waals surface area contributed by atoms with Crippen molar-refractivity contribution in [1.29, 1.82) is 0 Å². The van der Waals surface area contributed by atoms with E-state index < -0.39 is 17.8 Å². The molecule has 1 N–H and O–H groups in total. The highest BCUT2D eigenvalue weighted by molar-refractivity contribution is 5.95. The highest BCUT2D eigenvalue weighted by Gasteiger charge is 2.31. The fraction of sp³-hybridized carbons (Fsp3) is 0.318. The summed E-state index contributed by atoms with van der Waals surface area (Å²) < 4.78 is 38.0. The summed E-state index contributed by atoms with van der Waals surface area (Å²) in [6.45, 7) is 3.29. The van der Waals surface area contributed by atoms with Gasteiger partial charge in [0.1, 0.15) is 11.9 Å². The molecule has 1 aliphatic heterocycles. The summed E-state index contributed by atoms with van der Waals surface area (Å²) in [4.78, 5) is 32.1. The molecule has 164 valence electrons. The lowest BCUT2D eigenvalue weighted by molar-refractivity contribution is -0.138. The lowest BCUT2D eigenvalue weighted by atomic mass is 10.2. The van der Waals surface area contributed by atoms with Crippen molar-refractivity contribution >= 4 is 23.7 Å². The molecule has 0 radical (unpaired) electrons. The number of nitrogens with one attached hydrogen (secondary N) is 1. The van der Waals surface area contributed by atoms with Crippen LogP contribution in [-0.2, 0) is 15.8 Å². The molecular weight excluding hydrogens is 409 g/mol. The van der Waals surface area contributed by atoms with Gasteiger partial charge in [0, 0.05) is 38.5 Å². The van der Waals surface area contributed by atoms with E-state index in [-0.39, 0.29) is 11.8 Å². The van der Waals surface area contributed by atoms with E-state index in [0.717, 1.165) is 17.8 Å². The van der Waals surface area contributed by atoms with E-state index in [1.54, 1.807) is 17.9 Å². The number of carbonyl (C=O) groups excluding carboxylic acids is 2. The van der Waals surface area contributed by atoms with E-state index in [2.05, 4.69) is 10.3 Å². The number of nitrogens with zero attached hydrogens (tertiary/aromatic N) is 3. The van der Waals surface area contributed by atoms with E-state index in [0.29, 0.717) is 32.0 Å². The molecule has 1 aromatic carbocycles. The first kappa shape index (κ1) is 22.3. The Balaban J connectivity index is 1.49. The van der Waals surface area contributed by atoms with Gasteiger partial charge in [0.05, 0.1) is 5.56 Å². The Morgan fingerprint density at radius 2 is 1.74 bits per heavy atom. The van der Waals surface area contributed by atoms with E-state index in [1.165, 1.54) is 12.1 Å². The molecule has 1 saturated heterocycles. The van der Waals surface area contributed by atoms with Crippen molar-refractivity contribution < 1.29 is 22.8 Å². The Labute approximate surface area is 178 Å². The van der Waals surface area contributed by atoms with Crippen LogP contribution in [0.3, 0.4) is 0 Å². The summed E-state index contributed by atoms with van der Waals surface area (Å²) in [7, 11) is 0. The Morgan fingerprint density at radius 3 is 2.32 bits per heavy atom. The summed E-state index contributed by atoms with van der Waals surface area (Å²) in [5.41, 5.74) is 0.0839. The SMILES string of the molecule is CC(NC(=O)/C=C/c1ccccc1)C(=O)N1CCN(c2ccc(C(F)(F)F)cn2)CC1. The largest absolute Gasteiger partial charge is 0.417 e. The monoisotopic (exact) mass is 432 g/mol. The maximum absolute atomic E-state index is 12.7. The standard InChI is InChI=1S/C22H23F3N4O2/c1-16(27-20(30)10-7-17-5-3-2-4-6-17)21(31)29-13-11-28(12-14-29)19-9-8-18(15-26-19)22(23,24)25/h2-10,15-16H,11-14H2,1H3,(H,27,30)/b10-7+. The molecule has 1 fully saturated rings. The smallest absolute Gasteiger partial charge is 0.353 e. The zero-order chi connectivity index (χ0) is 22.4. The number of rotatable bonds is 5. The predicted molar refractivity (Wildman–Crippen MR) is 111 cm³/mol. The fourth-order valence-electron chi connectivity index (χ4n) is 3.23. The van der Waals surface area contributed by atoms with Crippen molar-refractivity contribution in [3.63, 3.8) is 0 Å². The van der Waals surface area contributed by atoms with Gasteiger partial charge in [-0.2, -0.15) is 13.2 Å². The number of aromatic nitrogens is 1. The van der Waals surface area contributed by atoms with Gasteiger partial charge in [-0.3, -0.25) is 9.59 Å². The second kappa shape index (κ2) is 9.63. The van der Waals surface area contributed by atoms with E-state index in [4.69, 9.17) is 0 Å². The Kier molecular flexibility index (Phi) is 6.94. The number of alkyl halides is 3. The molecule has 2 amide bonds. The first-order valence-corrected chi connectivity index (χ1v) is 9.84. The quantitative estimate of drug-likeness (QED) is 0.738. The van der Waals surface area contributed by atoms with Gasteiger partial charge < -0.3 is 15.1 Å². The van der Waals surface area contributed by atoms with Gasteiger partial charge in [0.2, 0.25) is 11.8 Å². The Hall–Kier alpha value is -3.36. The van der Waals surface area contributed by atoms with E-state index >= 15 is 0 Å². The molecule has 9 heteroatoms. The number of anilines is 1. The molecule has 2 aromatic rings. The number of amides is 2. The van der Waals surface area contributed by atoms with Crippen molar-refractivity contribution in [2.75, 3.05) is 31.1 Å². The molecule has 0 spiro atoms. The molecule has 1 aromatic heterocycles. The van der Waals surface area contributed by atoms with Gasteiger partial charge in [0.15, 0.2) is 0 Å². The fourth-order valence-corrected chi connectivity index (χ4v) is 3.23.